The largest absolute Gasteiger partial charge is 0.204 e. The van der Waals surface area contributed by atoms with Crippen LogP contribution in [0.1, 0.15) is 16.5 Å². The molecule has 2 aromatic rings. The van der Waals surface area contributed by atoms with Crippen LogP contribution < -0.4 is 0 Å². The third-order valence-electron chi connectivity index (χ3n) is 2.49. The number of rotatable bonds is 2. The summed E-state index contributed by atoms with van der Waals surface area (Å²) in [6.45, 7) is 0. The summed E-state index contributed by atoms with van der Waals surface area (Å²) < 4.78 is 27.2. The Bertz CT molecular complexity index is 587. The fourth-order valence-electron chi connectivity index (χ4n) is 1.58. The SMILES string of the molecule is Fc1cc(Cl)c(C(Cl)c2ccccc2I)cc1F. The molecule has 0 aliphatic heterocycles. The van der Waals surface area contributed by atoms with E-state index in [1.807, 2.05) is 24.3 Å². The van der Waals surface area contributed by atoms with Gasteiger partial charge in [-0.3, -0.25) is 0 Å². The molecule has 0 amide bonds. The molecule has 0 aliphatic rings. The molecule has 18 heavy (non-hydrogen) atoms. The maximum Gasteiger partial charge on any atom is 0.160 e. The van der Waals surface area contributed by atoms with Crippen LogP contribution in [0.3, 0.4) is 0 Å². The van der Waals surface area contributed by atoms with E-state index in [9.17, 15) is 8.78 Å². The zero-order chi connectivity index (χ0) is 13.3. The standard InChI is InChI=1S/C13H7Cl2F2I/c14-9-6-11(17)10(16)5-8(9)13(15)7-3-1-2-4-12(7)18/h1-6,13H. The molecule has 5 heteroatoms. The van der Waals surface area contributed by atoms with Crippen molar-refractivity contribution in [3.8, 4) is 0 Å². The predicted molar refractivity (Wildman–Crippen MR) is 78.2 cm³/mol. The topological polar surface area (TPSA) is 0 Å². The molecule has 0 nitrogen and oxygen atoms in total. The summed E-state index contributed by atoms with van der Waals surface area (Å²) in [4.78, 5) is 0. The fraction of sp³-hybridized carbons (Fsp3) is 0.0769. The summed E-state index contributed by atoms with van der Waals surface area (Å²) in [5.74, 6) is -1.93. The third kappa shape index (κ3) is 2.78. The van der Waals surface area contributed by atoms with Gasteiger partial charge in [-0.1, -0.05) is 29.8 Å². The maximum absolute atomic E-state index is 13.2. The molecular formula is C13H7Cl2F2I. The zero-order valence-electron chi connectivity index (χ0n) is 8.93. The lowest BCUT2D eigenvalue weighted by Gasteiger charge is -2.14. The maximum atomic E-state index is 13.2. The highest BCUT2D eigenvalue weighted by atomic mass is 127. The summed E-state index contributed by atoms with van der Waals surface area (Å²) in [5.41, 5.74) is 1.18. The summed E-state index contributed by atoms with van der Waals surface area (Å²) in [5, 5.41) is -0.491. The van der Waals surface area contributed by atoms with Gasteiger partial charge < -0.3 is 0 Å². The van der Waals surface area contributed by atoms with Crippen molar-refractivity contribution in [2.45, 2.75) is 5.38 Å². The van der Waals surface area contributed by atoms with Crippen LogP contribution in [0.5, 0.6) is 0 Å². The van der Waals surface area contributed by atoms with Crippen LogP contribution in [0.4, 0.5) is 8.78 Å². The first-order valence-corrected chi connectivity index (χ1v) is 6.93. The summed E-state index contributed by atoms with van der Waals surface area (Å²) >= 11 is 14.3. The Labute approximate surface area is 127 Å². The lowest BCUT2D eigenvalue weighted by molar-refractivity contribution is 0.507. The average molecular weight is 399 g/mol. The molecular weight excluding hydrogens is 392 g/mol. The second kappa shape index (κ2) is 5.72. The van der Waals surface area contributed by atoms with Crippen molar-refractivity contribution >= 4 is 45.8 Å². The number of alkyl halides is 1. The minimum atomic E-state index is -0.977. The van der Waals surface area contributed by atoms with Crippen LogP contribution in [0, 0.1) is 15.2 Å². The summed E-state index contributed by atoms with van der Waals surface area (Å²) in [7, 11) is 0. The van der Waals surface area contributed by atoms with Gasteiger partial charge in [0.1, 0.15) is 0 Å². The minimum absolute atomic E-state index is 0.119. The van der Waals surface area contributed by atoms with E-state index < -0.39 is 17.0 Å². The molecule has 0 saturated heterocycles. The molecule has 94 valence electrons. The van der Waals surface area contributed by atoms with E-state index in [0.717, 1.165) is 21.3 Å². The molecule has 0 spiro atoms. The molecule has 0 aromatic heterocycles. The van der Waals surface area contributed by atoms with Gasteiger partial charge in [-0.25, -0.2) is 8.78 Å². The van der Waals surface area contributed by atoms with Crippen LogP contribution in [0.2, 0.25) is 5.02 Å². The van der Waals surface area contributed by atoms with Crippen molar-refractivity contribution in [1.82, 2.24) is 0 Å². The number of halogens is 5. The molecule has 0 bridgehead atoms. The van der Waals surface area contributed by atoms with E-state index in [2.05, 4.69) is 22.6 Å². The molecule has 0 saturated carbocycles. The Balaban J connectivity index is 2.50. The Morgan fingerprint density at radius 3 is 2.28 bits per heavy atom. The number of benzene rings is 2. The van der Waals surface area contributed by atoms with Gasteiger partial charge in [0.2, 0.25) is 0 Å². The summed E-state index contributed by atoms with van der Waals surface area (Å²) in [6, 6.07) is 9.41. The van der Waals surface area contributed by atoms with Crippen LogP contribution in [0.25, 0.3) is 0 Å². The van der Waals surface area contributed by atoms with Gasteiger partial charge in [0.25, 0.3) is 0 Å². The van der Waals surface area contributed by atoms with Gasteiger partial charge in [-0.15, -0.1) is 11.6 Å². The summed E-state index contributed by atoms with van der Waals surface area (Å²) in [6.07, 6.45) is 0. The second-order valence-electron chi connectivity index (χ2n) is 3.67. The Morgan fingerprint density at radius 1 is 1.00 bits per heavy atom. The highest BCUT2D eigenvalue weighted by Gasteiger charge is 2.19. The van der Waals surface area contributed by atoms with Crippen molar-refractivity contribution in [3.63, 3.8) is 0 Å². The van der Waals surface area contributed by atoms with E-state index in [0.29, 0.717) is 5.56 Å². The molecule has 0 N–H and O–H groups in total. The molecule has 0 radical (unpaired) electrons. The number of hydrogen-bond donors (Lipinski definition) is 0. The van der Waals surface area contributed by atoms with Gasteiger partial charge in [-0.05, 0) is 51.9 Å². The monoisotopic (exact) mass is 398 g/mol. The van der Waals surface area contributed by atoms with Gasteiger partial charge in [0, 0.05) is 8.59 Å². The zero-order valence-corrected chi connectivity index (χ0v) is 12.6. The van der Waals surface area contributed by atoms with Crippen molar-refractivity contribution < 1.29 is 8.78 Å². The Kier molecular flexibility index (Phi) is 4.45. The Hall–Kier alpha value is -0.390. The van der Waals surface area contributed by atoms with Gasteiger partial charge in [0.15, 0.2) is 11.6 Å². The fourth-order valence-corrected chi connectivity index (χ4v) is 3.15. The van der Waals surface area contributed by atoms with E-state index in [4.69, 9.17) is 23.2 Å². The van der Waals surface area contributed by atoms with Gasteiger partial charge in [0.05, 0.1) is 5.38 Å². The smallest absolute Gasteiger partial charge is 0.160 e. The minimum Gasteiger partial charge on any atom is -0.204 e. The highest BCUT2D eigenvalue weighted by molar-refractivity contribution is 14.1. The van der Waals surface area contributed by atoms with Crippen molar-refractivity contribution in [3.05, 3.63) is 67.8 Å². The first-order valence-electron chi connectivity index (χ1n) is 5.03. The van der Waals surface area contributed by atoms with Crippen LogP contribution in [-0.2, 0) is 0 Å². The lowest BCUT2D eigenvalue weighted by Crippen LogP contribution is -1.99. The molecule has 0 aliphatic carbocycles. The molecule has 0 heterocycles. The second-order valence-corrected chi connectivity index (χ2v) is 5.68. The van der Waals surface area contributed by atoms with Crippen LogP contribution in [-0.4, -0.2) is 0 Å². The van der Waals surface area contributed by atoms with Crippen LogP contribution >= 0.6 is 45.8 Å². The van der Waals surface area contributed by atoms with E-state index in [-0.39, 0.29) is 5.02 Å². The molecule has 2 aromatic carbocycles. The molecule has 2 rings (SSSR count). The average Bonchev–Trinajstić information content (AvgIpc) is 2.33. The van der Waals surface area contributed by atoms with Crippen molar-refractivity contribution in [2.24, 2.45) is 0 Å². The lowest BCUT2D eigenvalue weighted by atomic mass is 10.0. The van der Waals surface area contributed by atoms with Crippen molar-refractivity contribution in [1.29, 1.82) is 0 Å². The normalized spacial score (nSPS) is 12.5. The number of hydrogen-bond acceptors (Lipinski definition) is 0. The van der Waals surface area contributed by atoms with Gasteiger partial charge >= 0.3 is 0 Å². The first kappa shape index (κ1) is 14.0. The van der Waals surface area contributed by atoms with E-state index >= 15 is 0 Å². The first-order chi connectivity index (χ1) is 8.50. The Morgan fingerprint density at radius 2 is 1.61 bits per heavy atom. The highest BCUT2D eigenvalue weighted by Crippen LogP contribution is 2.36. The van der Waals surface area contributed by atoms with E-state index in [1.54, 1.807) is 0 Å². The van der Waals surface area contributed by atoms with Crippen molar-refractivity contribution in [2.75, 3.05) is 0 Å². The molecule has 1 unspecified atom stereocenters. The third-order valence-corrected chi connectivity index (χ3v) is 4.27. The molecule has 0 fully saturated rings. The quantitative estimate of drug-likeness (QED) is 0.353. The van der Waals surface area contributed by atoms with Crippen LogP contribution in [0.15, 0.2) is 36.4 Å². The predicted octanol–water partition coefficient (Wildman–Crippen LogP) is 5.55. The molecule has 1 atom stereocenters. The van der Waals surface area contributed by atoms with E-state index in [1.165, 1.54) is 0 Å². The van der Waals surface area contributed by atoms with Gasteiger partial charge in [-0.2, -0.15) is 0 Å².